The Labute approximate surface area is 416 Å². The summed E-state index contributed by atoms with van der Waals surface area (Å²) in [5.41, 5.74) is 0. The summed E-state index contributed by atoms with van der Waals surface area (Å²) in [4.78, 5) is 54.6. The number of carbonyl (C=O) groups is 4. The van der Waals surface area contributed by atoms with E-state index in [-0.39, 0.29) is 21.7 Å². The average Bonchev–Trinajstić information content (AvgIpc) is 3.29. The molecule has 2 atom stereocenters. The van der Waals surface area contributed by atoms with E-state index in [4.69, 9.17) is 15.6 Å². The second kappa shape index (κ2) is 47.9. The van der Waals surface area contributed by atoms with Gasteiger partial charge in [-0.15, -0.1) is 0 Å². The van der Waals surface area contributed by atoms with Crippen molar-refractivity contribution in [3.05, 3.63) is 24.3 Å². The smallest absolute Gasteiger partial charge is 0.0654 e. The normalized spacial score (nSPS) is 12.8. The Hall–Kier alpha value is -1.14. The van der Waals surface area contributed by atoms with Crippen LogP contribution in [0.3, 0.4) is 0 Å². The SMILES string of the molecule is CCCCCCCC/C=C\CCCCCCC(CCS)C(=O)[O][Sn]([CH2]CC(=O)OCCCC)([CH2]CC(=O)OCCCC)[O]C(=O)C(CCS)CCCCCC/C=C\CCCCCCCC. The summed E-state index contributed by atoms with van der Waals surface area (Å²) in [5.74, 6) is -1.42. The van der Waals surface area contributed by atoms with Crippen molar-refractivity contribution in [2.24, 2.45) is 11.8 Å². The van der Waals surface area contributed by atoms with E-state index in [1.807, 2.05) is 13.8 Å². The van der Waals surface area contributed by atoms with Crippen molar-refractivity contribution in [3.63, 3.8) is 0 Å². The number of hydrogen-bond donors (Lipinski definition) is 2. The van der Waals surface area contributed by atoms with E-state index < -0.39 is 54.9 Å². The van der Waals surface area contributed by atoms with Gasteiger partial charge in [0, 0.05) is 0 Å². The van der Waals surface area contributed by atoms with Crippen molar-refractivity contribution in [1.29, 1.82) is 0 Å². The van der Waals surface area contributed by atoms with Gasteiger partial charge in [0.2, 0.25) is 0 Å². The zero-order chi connectivity index (χ0) is 47.9. The van der Waals surface area contributed by atoms with Crippen LogP contribution in [0.15, 0.2) is 24.3 Å². The van der Waals surface area contributed by atoms with Crippen LogP contribution in [0.5, 0.6) is 0 Å². The zero-order valence-electron chi connectivity index (χ0n) is 42.4. The topological polar surface area (TPSA) is 105 Å². The molecule has 0 spiro atoms. The minimum atomic E-state index is -4.91. The van der Waals surface area contributed by atoms with Crippen LogP contribution in [0, 0.1) is 11.8 Å². The van der Waals surface area contributed by atoms with Gasteiger partial charge in [-0.25, -0.2) is 0 Å². The second-order valence-electron chi connectivity index (χ2n) is 18.4. The fourth-order valence-corrected chi connectivity index (χ4v) is 16.9. The summed E-state index contributed by atoms with van der Waals surface area (Å²) in [6.45, 7) is 9.18. The minimum Gasteiger partial charge on any atom is -0.0654 e. The first kappa shape index (κ1) is 63.9. The molecule has 65 heavy (non-hydrogen) atoms. The van der Waals surface area contributed by atoms with E-state index in [0.717, 1.165) is 103 Å². The molecule has 0 aliphatic carbocycles. The molecule has 0 amide bonds. The van der Waals surface area contributed by atoms with Gasteiger partial charge in [-0.2, -0.15) is 0 Å². The molecular formula is C54H100O8S2Sn. The Morgan fingerprint density at radius 1 is 0.415 bits per heavy atom. The van der Waals surface area contributed by atoms with Gasteiger partial charge in [0.1, 0.15) is 0 Å². The molecule has 380 valence electrons. The van der Waals surface area contributed by atoms with Crippen molar-refractivity contribution in [3.8, 4) is 0 Å². The molecular weight excluding hydrogens is 959 g/mol. The molecule has 11 heteroatoms. The molecule has 0 N–H and O–H groups in total. The number of allylic oxidation sites excluding steroid dienone is 4. The summed E-state index contributed by atoms with van der Waals surface area (Å²) in [7, 11) is 0. The molecule has 0 aromatic carbocycles. The molecule has 2 unspecified atom stereocenters. The molecule has 0 aromatic heterocycles. The van der Waals surface area contributed by atoms with Crippen molar-refractivity contribution in [1.82, 2.24) is 0 Å². The molecule has 0 heterocycles. The third-order valence-electron chi connectivity index (χ3n) is 12.3. The monoisotopic (exact) mass is 1060 g/mol. The van der Waals surface area contributed by atoms with Crippen molar-refractivity contribution in [2.75, 3.05) is 24.7 Å². The van der Waals surface area contributed by atoms with Gasteiger partial charge in [-0.1, -0.05) is 78.1 Å². The van der Waals surface area contributed by atoms with Crippen LogP contribution in [-0.4, -0.2) is 67.8 Å². The van der Waals surface area contributed by atoms with Crippen molar-refractivity contribution in [2.45, 2.75) is 255 Å². The van der Waals surface area contributed by atoms with E-state index in [1.54, 1.807) is 0 Å². The fraction of sp³-hybridized carbons (Fsp3) is 0.852. The molecule has 0 aromatic rings. The Balaban J connectivity index is 5.79. The fourth-order valence-electron chi connectivity index (χ4n) is 7.91. The Kier molecular flexibility index (Phi) is 47.1. The zero-order valence-corrected chi connectivity index (χ0v) is 47.1. The van der Waals surface area contributed by atoms with Crippen molar-refractivity contribution >= 4 is 68.3 Å². The first-order valence-corrected chi connectivity index (χ1v) is 34.6. The molecule has 0 fully saturated rings. The maximum atomic E-state index is 14.3. The molecule has 8 nitrogen and oxygen atoms in total. The molecule has 0 saturated carbocycles. The predicted molar refractivity (Wildman–Crippen MR) is 282 cm³/mol. The van der Waals surface area contributed by atoms with Crippen LogP contribution < -0.4 is 0 Å². The van der Waals surface area contributed by atoms with Gasteiger partial charge < -0.3 is 0 Å². The number of carbonyl (C=O) groups excluding carboxylic acids is 4. The number of ether oxygens (including phenoxy) is 2. The number of thiol groups is 2. The first-order chi connectivity index (χ1) is 31.7. The summed E-state index contributed by atoms with van der Waals surface area (Å²) in [6, 6.07) is 0. The quantitative estimate of drug-likeness (QED) is 0.0204. The summed E-state index contributed by atoms with van der Waals surface area (Å²) >= 11 is 4.11. The number of hydrogen-bond acceptors (Lipinski definition) is 10. The molecule has 0 radical (unpaired) electrons. The number of unbranched alkanes of at least 4 members (excludes halogenated alkanes) is 22. The molecule has 0 aliphatic heterocycles. The summed E-state index contributed by atoms with van der Waals surface area (Å²) in [6.07, 6.45) is 43.4. The standard InChI is InChI=1S/2C20H38O2S.2C7H13O2.Sn/c2*1-2-3-4-5-6-7-8-9-10-11-12-13-14-15-16-19(17-18-23)20(21)22;2*1-3-5-6-9-7(8)4-2;/h2*9-10,19,23H,2-8,11-18H2,1H3,(H,21,22);2*2-6H2,1H3;/q;;;;+2/p-2/b2*10-9-;;;. The predicted octanol–water partition coefficient (Wildman–Crippen LogP) is 16.1. The van der Waals surface area contributed by atoms with E-state index in [2.05, 4.69) is 63.4 Å². The van der Waals surface area contributed by atoms with Crippen LogP contribution in [0.25, 0.3) is 0 Å². The average molecular weight is 1060 g/mol. The molecule has 0 aliphatic rings. The van der Waals surface area contributed by atoms with Crippen LogP contribution in [0.2, 0.25) is 8.87 Å². The molecule has 0 rings (SSSR count). The minimum absolute atomic E-state index is 0.0412. The van der Waals surface area contributed by atoms with Gasteiger partial charge in [0.05, 0.1) is 0 Å². The third-order valence-corrected chi connectivity index (χ3v) is 21.8. The maximum absolute atomic E-state index is 14.3. The Bertz CT molecular complexity index is 1110. The Morgan fingerprint density at radius 3 is 1.05 bits per heavy atom. The van der Waals surface area contributed by atoms with E-state index in [9.17, 15) is 19.2 Å². The van der Waals surface area contributed by atoms with Gasteiger partial charge >= 0.3 is 328 Å². The van der Waals surface area contributed by atoms with Gasteiger partial charge in [-0.05, 0) is 12.8 Å². The third kappa shape index (κ3) is 39.4. The number of esters is 2. The molecule has 0 saturated heterocycles. The van der Waals surface area contributed by atoms with Gasteiger partial charge in [0.15, 0.2) is 0 Å². The van der Waals surface area contributed by atoms with E-state index >= 15 is 0 Å². The van der Waals surface area contributed by atoms with Crippen LogP contribution in [0.1, 0.15) is 246 Å². The van der Waals surface area contributed by atoms with Crippen LogP contribution in [-0.2, 0) is 34.8 Å². The summed E-state index contributed by atoms with van der Waals surface area (Å²) < 4.78 is 24.3. The molecule has 0 bridgehead atoms. The van der Waals surface area contributed by atoms with Gasteiger partial charge in [0.25, 0.3) is 0 Å². The number of rotatable bonds is 48. The van der Waals surface area contributed by atoms with E-state index in [0.29, 0.717) is 50.4 Å². The Morgan fingerprint density at radius 2 is 0.723 bits per heavy atom. The van der Waals surface area contributed by atoms with Crippen LogP contribution >= 0.6 is 25.3 Å². The second-order valence-corrected chi connectivity index (χ2v) is 28.5. The first-order valence-electron chi connectivity index (χ1n) is 27.0. The van der Waals surface area contributed by atoms with Crippen LogP contribution in [0.4, 0.5) is 0 Å². The van der Waals surface area contributed by atoms with Crippen molar-refractivity contribution < 1.29 is 34.8 Å². The van der Waals surface area contributed by atoms with E-state index in [1.165, 1.54) is 77.0 Å². The van der Waals surface area contributed by atoms with Gasteiger partial charge in [-0.3, -0.25) is 0 Å². The summed E-state index contributed by atoms with van der Waals surface area (Å²) in [5, 5.41) is 0.